The molecule has 156 valence electrons. The summed E-state index contributed by atoms with van der Waals surface area (Å²) in [4.78, 5) is 25.4. The minimum absolute atomic E-state index is 0.0866. The molecular weight excluding hydrogens is 388 g/mol. The lowest BCUT2D eigenvalue weighted by Gasteiger charge is -2.30. The minimum Gasteiger partial charge on any atom is -0.493 e. The van der Waals surface area contributed by atoms with Crippen molar-refractivity contribution in [1.82, 2.24) is 9.62 Å². The number of esters is 1. The summed E-state index contributed by atoms with van der Waals surface area (Å²) in [6.07, 6.45) is 1.84. The fourth-order valence-electron chi connectivity index (χ4n) is 2.76. The highest BCUT2D eigenvalue weighted by Crippen LogP contribution is 2.29. The number of piperidine rings is 1. The maximum absolute atomic E-state index is 12.3. The molecule has 0 radical (unpaired) electrons. The van der Waals surface area contributed by atoms with Crippen molar-refractivity contribution in [2.45, 2.75) is 24.7 Å². The van der Waals surface area contributed by atoms with Crippen LogP contribution in [-0.2, 0) is 24.3 Å². The van der Waals surface area contributed by atoms with Gasteiger partial charge in [-0.05, 0) is 30.9 Å². The third-order valence-corrected chi connectivity index (χ3v) is 5.96. The van der Waals surface area contributed by atoms with Gasteiger partial charge in [0, 0.05) is 19.2 Å². The zero-order chi connectivity index (χ0) is 20.7. The van der Waals surface area contributed by atoms with Crippen LogP contribution >= 0.6 is 0 Å². The third-order valence-electron chi connectivity index (χ3n) is 4.56. The number of ether oxygens (including phenoxy) is 3. The van der Waals surface area contributed by atoms with Gasteiger partial charge in [-0.3, -0.25) is 9.59 Å². The van der Waals surface area contributed by atoms with Crippen LogP contribution in [0.5, 0.6) is 11.5 Å². The zero-order valence-electron chi connectivity index (χ0n) is 16.3. The molecule has 1 aliphatic rings. The Morgan fingerprint density at radius 3 is 2.39 bits per heavy atom. The lowest BCUT2D eigenvalue weighted by Crippen LogP contribution is -2.41. The second kappa shape index (κ2) is 9.74. The van der Waals surface area contributed by atoms with Gasteiger partial charge in [-0.2, -0.15) is 4.72 Å². The summed E-state index contributed by atoms with van der Waals surface area (Å²) in [6.45, 7) is 2.44. The minimum atomic E-state index is -3.96. The first-order valence-electron chi connectivity index (χ1n) is 8.92. The second-order valence-electron chi connectivity index (χ2n) is 6.57. The van der Waals surface area contributed by atoms with Gasteiger partial charge in [-0.1, -0.05) is 6.92 Å². The van der Waals surface area contributed by atoms with Crippen molar-refractivity contribution in [3.05, 3.63) is 18.2 Å². The van der Waals surface area contributed by atoms with Crippen molar-refractivity contribution in [1.29, 1.82) is 0 Å². The van der Waals surface area contributed by atoms with Crippen molar-refractivity contribution in [3.63, 3.8) is 0 Å². The lowest BCUT2D eigenvalue weighted by molar-refractivity contribution is -0.151. The standard InChI is InChI=1S/C18H26N2O7S/c1-13-6-8-20(9-7-13)17(21)12-27-18(22)11-19-28(23,24)14-4-5-15(25-2)16(10-14)26-3/h4-5,10,13,19H,6-9,11-12H2,1-3H3. The van der Waals surface area contributed by atoms with Gasteiger partial charge in [0.2, 0.25) is 10.0 Å². The molecule has 10 heteroatoms. The Labute approximate surface area is 165 Å². The number of nitrogens with one attached hydrogen (secondary N) is 1. The van der Waals surface area contributed by atoms with Crippen LogP contribution in [-0.4, -0.2) is 65.7 Å². The highest BCUT2D eigenvalue weighted by molar-refractivity contribution is 7.89. The number of hydrogen-bond acceptors (Lipinski definition) is 7. The highest BCUT2D eigenvalue weighted by atomic mass is 32.2. The normalized spacial score (nSPS) is 15.2. The quantitative estimate of drug-likeness (QED) is 0.626. The molecule has 1 aromatic carbocycles. The number of amides is 1. The van der Waals surface area contributed by atoms with E-state index in [9.17, 15) is 18.0 Å². The number of hydrogen-bond donors (Lipinski definition) is 1. The summed E-state index contributed by atoms with van der Waals surface area (Å²) in [5.74, 6) is 0.101. The second-order valence-corrected chi connectivity index (χ2v) is 8.33. The largest absolute Gasteiger partial charge is 0.493 e. The summed E-state index contributed by atoms with van der Waals surface area (Å²) in [6, 6.07) is 4.06. The van der Waals surface area contributed by atoms with Crippen LogP contribution in [0.4, 0.5) is 0 Å². The Morgan fingerprint density at radius 1 is 1.14 bits per heavy atom. The van der Waals surface area contributed by atoms with Gasteiger partial charge in [0.05, 0.1) is 19.1 Å². The first-order valence-corrected chi connectivity index (χ1v) is 10.4. The zero-order valence-corrected chi connectivity index (χ0v) is 17.1. The first-order chi connectivity index (χ1) is 13.3. The molecule has 0 bridgehead atoms. The van der Waals surface area contributed by atoms with E-state index in [0.29, 0.717) is 24.8 Å². The van der Waals surface area contributed by atoms with E-state index >= 15 is 0 Å². The molecule has 1 fully saturated rings. The predicted molar refractivity (Wildman–Crippen MR) is 101 cm³/mol. The van der Waals surface area contributed by atoms with Crippen molar-refractivity contribution in [2.24, 2.45) is 5.92 Å². The van der Waals surface area contributed by atoms with E-state index in [0.717, 1.165) is 12.8 Å². The van der Waals surface area contributed by atoms with Gasteiger partial charge in [-0.15, -0.1) is 0 Å². The topological polar surface area (TPSA) is 111 Å². The predicted octanol–water partition coefficient (Wildman–Crippen LogP) is 0.784. The molecule has 1 amide bonds. The molecule has 0 atom stereocenters. The van der Waals surface area contributed by atoms with Gasteiger partial charge in [-0.25, -0.2) is 8.42 Å². The fourth-order valence-corrected chi connectivity index (χ4v) is 3.75. The molecule has 1 aliphatic heterocycles. The van der Waals surface area contributed by atoms with E-state index in [1.54, 1.807) is 4.90 Å². The summed E-state index contributed by atoms with van der Waals surface area (Å²) in [5.41, 5.74) is 0. The van der Waals surface area contributed by atoms with Crippen molar-refractivity contribution in [2.75, 3.05) is 40.5 Å². The number of carbonyl (C=O) groups excluding carboxylic acids is 2. The first kappa shape index (κ1) is 22.0. The Hall–Kier alpha value is -2.33. The van der Waals surface area contributed by atoms with Crippen molar-refractivity contribution >= 4 is 21.9 Å². The fraction of sp³-hybridized carbons (Fsp3) is 0.556. The molecule has 0 spiro atoms. The Bertz CT molecular complexity index is 802. The molecule has 28 heavy (non-hydrogen) atoms. The van der Waals surface area contributed by atoms with Crippen LogP contribution in [0.3, 0.4) is 0 Å². The number of likely N-dealkylation sites (tertiary alicyclic amines) is 1. The van der Waals surface area contributed by atoms with Crippen LogP contribution in [0, 0.1) is 5.92 Å². The average molecular weight is 414 g/mol. The molecule has 2 rings (SSSR count). The molecule has 0 unspecified atom stereocenters. The van der Waals surface area contributed by atoms with E-state index < -0.39 is 29.1 Å². The van der Waals surface area contributed by atoms with Crippen molar-refractivity contribution in [3.8, 4) is 11.5 Å². The number of rotatable bonds is 8. The highest BCUT2D eigenvalue weighted by Gasteiger charge is 2.22. The van der Waals surface area contributed by atoms with Gasteiger partial charge >= 0.3 is 5.97 Å². The molecular formula is C18H26N2O7S. The molecule has 1 heterocycles. The number of methoxy groups -OCH3 is 2. The SMILES string of the molecule is COc1ccc(S(=O)(=O)NCC(=O)OCC(=O)N2CCC(C)CC2)cc1OC. The number of carbonyl (C=O) groups is 2. The lowest BCUT2D eigenvalue weighted by atomic mass is 9.99. The Kier molecular flexibility index (Phi) is 7.64. The molecule has 1 saturated heterocycles. The molecule has 1 N–H and O–H groups in total. The van der Waals surface area contributed by atoms with Gasteiger partial charge in [0.15, 0.2) is 18.1 Å². The summed E-state index contributed by atoms with van der Waals surface area (Å²) < 4.78 is 41.8. The van der Waals surface area contributed by atoms with E-state index in [1.165, 1.54) is 32.4 Å². The summed E-state index contributed by atoms with van der Waals surface area (Å²) in [5, 5.41) is 0. The van der Waals surface area contributed by atoms with Crippen molar-refractivity contribution < 1.29 is 32.2 Å². The summed E-state index contributed by atoms with van der Waals surface area (Å²) >= 11 is 0. The molecule has 0 saturated carbocycles. The monoisotopic (exact) mass is 414 g/mol. The maximum Gasteiger partial charge on any atom is 0.321 e. The van der Waals surface area contributed by atoms with E-state index in [4.69, 9.17) is 14.2 Å². The smallest absolute Gasteiger partial charge is 0.321 e. The maximum atomic E-state index is 12.3. The molecule has 0 aliphatic carbocycles. The van der Waals surface area contributed by atoms with Crippen LogP contribution in [0.2, 0.25) is 0 Å². The Balaban J connectivity index is 1.85. The van der Waals surface area contributed by atoms with E-state index in [1.807, 2.05) is 0 Å². The van der Waals surface area contributed by atoms with Crippen LogP contribution in [0.15, 0.2) is 23.1 Å². The number of sulfonamides is 1. The average Bonchev–Trinajstić information content (AvgIpc) is 2.70. The van der Waals surface area contributed by atoms with Gasteiger partial charge in [0.1, 0.15) is 6.54 Å². The van der Waals surface area contributed by atoms with E-state index in [-0.39, 0.29) is 16.6 Å². The Morgan fingerprint density at radius 2 is 1.79 bits per heavy atom. The number of benzene rings is 1. The van der Waals surface area contributed by atoms with E-state index in [2.05, 4.69) is 11.6 Å². The molecule has 9 nitrogen and oxygen atoms in total. The molecule has 1 aromatic rings. The van der Waals surface area contributed by atoms with Crippen LogP contribution in [0.25, 0.3) is 0 Å². The van der Waals surface area contributed by atoms with Crippen LogP contribution in [0.1, 0.15) is 19.8 Å². The van der Waals surface area contributed by atoms with Crippen LogP contribution < -0.4 is 14.2 Å². The molecule has 0 aromatic heterocycles. The summed E-state index contributed by atoms with van der Waals surface area (Å²) in [7, 11) is -1.14. The van der Waals surface area contributed by atoms with Gasteiger partial charge in [0.25, 0.3) is 5.91 Å². The van der Waals surface area contributed by atoms with Gasteiger partial charge < -0.3 is 19.1 Å². The third kappa shape index (κ3) is 5.83. The number of nitrogens with zero attached hydrogens (tertiary/aromatic N) is 1.